The molecule has 0 fully saturated rings. The Balaban J connectivity index is 2.73. The van der Waals surface area contributed by atoms with Gasteiger partial charge in [-0.2, -0.15) is 0 Å². The number of nitrogens with one attached hydrogen (secondary N) is 1. The maximum Gasteiger partial charge on any atom is 0.264 e. The van der Waals surface area contributed by atoms with Crippen molar-refractivity contribution in [2.45, 2.75) is 25.8 Å². The van der Waals surface area contributed by atoms with Gasteiger partial charge in [0.25, 0.3) is 12.0 Å². The van der Waals surface area contributed by atoms with Gasteiger partial charge in [-0.05, 0) is 12.5 Å². The maximum atomic E-state index is 12.8. The Bertz CT molecular complexity index is 624. The standard InChI is InChI=1S/C12H13F2N3O/c1-2-7(15)11-16-8-5-3-4-6(10(13)14)9(8)12(18)17-11/h3-5,7,10H,2,15H2,1H3,(H,16,17,18). The van der Waals surface area contributed by atoms with Gasteiger partial charge >= 0.3 is 0 Å². The molecule has 0 amide bonds. The summed E-state index contributed by atoms with van der Waals surface area (Å²) in [6, 6.07) is 3.81. The molecular formula is C12H13F2N3O. The maximum absolute atomic E-state index is 12.8. The van der Waals surface area contributed by atoms with Crippen LogP contribution in [0.25, 0.3) is 10.9 Å². The Hall–Kier alpha value is -1.82. The molecule has 0 bridgehead atoms. The summed E-state index contributed by atoms with van der Waals surface area (Å²) in [5.74, 6) is 0.321. The number of fused-ring (bicyclic) bond motifs is 1. The lowest BCUT2D eigenvalue weighted by molar-refractivity contribution is 0.153. The molecule has 1 atom stereocenters. The van der Waals surface area contributed by atoms with Crippen molar-refractivity contribution in [1.82, 2.24) is 9.97 Å². The summed E-state index contributed by atoms with van der Waals surface area (Å²) in [6.45, 7) is 1.85. The molecule has 0 spiro atoms. The van der Waals surface area contributed by atoms with E-state index in [-0.39, 0.29) is 16.5 Å². The number of nitrogens with two attached hydrogens (primary N) is 1. The molecule has 1 heterocycles. The van der Waals surface area contributed by atoms with E-state index in [4.69, 9.17) is 5.73 Å². The summed E-state index contributed by atoms with van der Waals surface area (Å²) in [7, 11) is 0. The third-order valence-electron chi connectivity index (χ3n) is 2.81. The highest BCUT2D eigenvalue weighted by atomic mass is 19.3. The average Bonchev–Trinajstić information content (AvgIpc) is 2.36. The van der Waals surface area contributed by atoms with E-state index in [2.05, 4.69) is 9.97 Å². The third kappa shape index (κ3) is 2.11. The first-order valence-electron chi connectivity index (χ1n) is 5.61. The van der Waals surface area contributed by atoms with Gasteiger partial charge in [-0.3, -0.25) is 4.79 Å². The van der Waals surface area contributed by atoms with Crippen LogP contribution in [0, 0.1) is 0 Å². The van der Waals surface area contributed by atoms with Crippen LogP contribution >= 0.6 is 0 Å². The van der Waals surface area contributed by atoms with Crippen LogP contribution in [0.15, 0.2) is 23.0 Å². The summed E-state index contributed by atoms with van der Waals surface area (Å²) >= 11 is 0. The Morgan fingerprint density at radius 1 is 1.44 bits per heavy atom. The van der Waals surface area contributed by atoms with Gasteiger partial charge in [0.05, 0.1) is 16.9 Å². The second-order valence-corrected chi connectivity index (χ2v) is 4.01. The molecule has 2 aromatic rings. The lowest BCUT2D eigenvalue weighted by Crippen LogP contribution is -2.20. The van der Waals surface area contributed by atoms with Crippen LogP contribution in [0.4, 0.5) is 8.78 Å². The van der Waals surface area contributed by atoms with Crippen LogP contribution in [0.5, 0.6) is 0 Å². The number of hydrogen-bond acceptors (Lipinski definition) is 3. The summed E-state index contributed by atoms with van der Waals surface area (Å²) in [6.07, 6.45) is -2.11. The molecule has 1 aromatic heterocycles. The van der Waals surface area contributed by atoms with Gasteiger partial charge in [0.15, 0.2) is 0 Å². The number of rotatable bonds is 3. The molecule has 0 aliphatic rings. The van der Waals surface area contributed by atoms with E-state index in [0.717, 1.165) is 0 Å². The van der Waals surface area contributed by atoms with Gasteiger partial charge in [-0.15, -0.1) is 0 Å². The van der Waals surface area contributed by atoms with Crippen molar-refractivity contribution >= 4 is 10.9 Å². The van der Waals surface area contributed by atoms with E-state index in [9.17, 15) is 13.6 Å². The SMILES string of the molecule is CCC(N)c1nc2cccc(C(F)F)c2c(=O)[nH]1. The second kappa shape index (κ2) is 4.81. The van der Waals surface area contributed by atoms with Gasteiger partial charge in [-0.25, -0.2) is 13.8 Å². The Kier molecular flexibility index (Phi) is 3.38. The normalized spacial score (nSPS) is 13.2. The molecule has 0 saturated carbocycles. The van der Waals surface area contributed by atoms with Crippen LogP contribution in [0.2, 0.25) is 0 Å². The number of aromatic amines is 1. The van der Waals surface area contributed by atoms with Gasteiger partial charge in [0.1, 0.15) is 5.82 Å². The molecule has 96 valence electrons. The molecule has 1 unspecified atom stereocenters. The molecule has 6 heteroatoms. The monoisotopic (exact) mass is 253 g/mol. The zero-order valence-corrected chi connectivity index (χ0v) is 9.78. The number of halogens is 2. The summed E-state index contributed by atoms with van der Waals surface area (Å²) in [4.78, 5) is 18.5. The van der Waals surface area contributed by atoms with Gasteiger partial charge in [-0.1, -0.05) is 19.1 Å². The van der Waals surface area contributed by atoms with E-state index < -0.39 is 18.0 Å². The van der Waals surface area contributed by atoms with Crippen LogP contribution in [-0.2, 0) is 0 Å². The minimum Gasteiger partial charge on any atom is -0.321 e. The molecule has 0 saturated heterocycles. The largest absolute Gasteiger partial charge is 0.321 e. The van der Waals surface area contributed by atoms with Crippen LogP contribution in [-0.4, -0.2) is 9.97 Å². The van der Waals surface area contributed by atoms with E-state index in [0.29, 0.717) is 12.2 Å². The number of hydrogen-bond donors (Lipinski definition) is 2. The van der Waals surface area contributed by atoms with E-state index in [1.807, 2.05) is 6.92 Å². The fraction of sp³-hybridized carbons (Fsp3) is 0.333. The van der Waals surface area contributed by atoms with E-state index in [1.54, 1.807) is 0 Å². The Morgan fingerprint density at radius 3 is 2.78 bits per heavy atom. The van der Waals surface area contributed by atoms with Crippen molar-refractivity contribution in [3.05, 3.63) is 39.9 Å². The Labute approximate surface area is 102 Å². The molecule has 0 radical (unpaired) electrons. The molecule has 1 aromatic carbocycles. The minimum atomic E-state index is -2.71. The van der Waals surface area contributed by atoms with Crippen molar-refractivity contribution in [2.24, 2.45) is 5.73 Å². The molecule has 0 aliphatic carbocycles. The van der Waals surface area contributed by atoms with Crippen LogP contribution in [0.1, 0.15) is 37.2 Å². The number of benzene rings is 1. The summed E-state index contributed by atoms with van der Waals surface area (Å²) in [5.41, 5.74) is 5.14. The predicted molar refractivity (Wildman–Crippen MR) is 64.5 cm³/mol. The molecule has 2 rings (SSSR count). The fourth-order valence-electron chi connectivity index (χ4n) is 1.79. The number of aromatic nitrogens is 2. The van der Waals surface area contributed by atoms with Gasteiger partial charge in [0, 0.05) is 5.56 Å². The molecule has 3 N–H and O–H groups in total. The van der Waals surface area contributed by atoms with Crippen LogP contribution in [0.3, 0.4) is 0 Å². The topological polar surface area (TPSA) is 71.8 Å². The molecule has 18 heavy (non-hydrogen) atoms. The summed E-state index contributed by atoms with van der Waals surface area (Å²) in [5, 5.41) is -0.0699. The molecule has 0 aliphatic heterocycles. The average molecular weight is 253 g/mol. The van der Waals surface area contributed by atoms with Crippen molar-refractivity contribution in [3.8, 4) is 0 Å². The van der Waals surface area contributed by atoms with Gasteiger partial charge < -0.3 is 10.7 Å². The summed E-state index contributed by atoms with van der Waals surface area (Å²) < 4.78 is 25.6. The first-order valence-corrected chi connectivity index (χ1v) is 5.61. The predicted octanol–water partition coefficient (Wildman–Crippen LogP) is 2.27. The van der Waals surface area contributed by atoms with Crippen LogP contribution < -0.4 is 11.3 Å². The Morgan fingerprint density at radius 2 is 2.17 bits per heavy atom. The highest BCUT2D eigenvalue weighted by molar-refractivity contribution is 5.81. The highest BCUT2D eigenvalue weighted by Crippen LogP contribution is 2.24. The number of alkyl halides is 2. The fourth-order valence-corrected chi connectivity index (χ4v) is 1.79. The van der Waals surface area contributed by atoms with Crippen molar-refractivity contribution in [2.75, 3.05) is 0 Å². The zero-order valence-electron chi connectivity index (χ0n) is 9.78. The lowest BCUT2D eigenvalue weighted by atomic mass is 10.1. The first kappa shape index (κ1) is 12.6. The molecule has 4 nitrogen and oxygen atoms in total. The van der Waals surface area contributed by atoms with Crippen molar-refractivity contribution < 1.29 is 8.78 Å². The number of nitrogens with zero attached hydrogens (tertiary/aromatic N) is 1. The lowest BCUT2D eigenvalue weighted by Gasteiger charge is -2.10. The third-order valence-corrected chi connectivity index (χ3v) is 2.81. The second-order valence-electron chi connectivity index (χ2n) is 4.01. The van der Waals surface area contributed by atoms with Gasteiger partial charge in [0.2, 0.25) is 0 Å². The van der Waals surface area contributed by atoms with Crippen molar-refractivity contribution in [1.29, 1.82) is 0 Å². The quantitative estimate of drug-likeness (QED) is 0.881. The molecular weight excluding hydrogens is 240 g/mol. The minimum absolute atomic E-state index is 0.0699. The highest BCUT2D eigenvalue weighted by Gasteiger charge is 2.16. The first-order chi connectivity index (χ1) is 8.54. The smallest absolute Gasteiger partial charge is 0.264 e. The number of H-pyrrole nitrogens is 1. The van der Waals surface area contributed by atoms with Crippen molar-refractivity contribution in [3.63, 3.8) is 0 Å². The zero-order chi connectivity index (χ0) is 13.3. The van der Waals surface area contributed by atoms with E-state index >= 15 is 0 Å². The van der Waals surface area contributed by atoms with E-state index in [1.165, 1.54) is 18.2 Å².